The number of carbonyl (C=O) groups is 3. The second-order valence-electron chi connectivity index (χ2n) is 17.1. The Morgan fingerprint density at radius 3 is 1.03 bits per heavy atom. The Kier molecular flexibility index (Phi) is 47.4. The molecule has 0 amide bonds. The lowest BCUT2D eigenvalue weighted by Gasteiger charge is -2.18. The highest BCUT2D eigenvalue weighted by molar-refractivity contribution is 5.71. The predicted octanol–water partition coefficient (Wildman–Crippen LogP) is 16.9. The molecule has 0 aromatic heterocycles. The van der Waals surface area contributed by atoms with Crippen LogP contribution in [0.1, 0.15) is 252 Å². The summed E-state index contributed by atoms with van der Waals surface area (Å²) in [7, 11) is 0. The van der Waals surface area contributed by atoms with Crippen molar-refractivity contribution in [2.24, 2.45) is 0 Å². The van der Waals surface area contributed by atoms with E-state index in [4.69, 9.17) is 14.2 Å². The van der Waals surface area contributed by atoms with Crippen LogP contribution in [0.15, 0.2) is 60.8 Å². The summed E-state index contributed by atoms with van der Waals surface area (Å²) in [6, 6.07) is 0. The molecule has 0 fully saturated rings. The topological polar surface area (TPSA) is 78.9 Å². The average molecular weight is 853 g/mol. The van der Waals surface area contributed by atoms with Gasteiger partial charge in [-0.1, -0.05) is 197 Å². The zero-order chi connectivity index (χ0) is 44.4. The fourth-order valence-corrected chi connectivity index (χ4v) is 7.02. The number of allylic oxidation sites excluding steroid dienone is 10. The van der Waals surface area contributed by atoms with E-state index in [1.807, 2.05) is 0 Å². The SMILES string of the molecule is CCC/C=C\C/C=C\CCCCCCCC(=O)OCC(COC(=O)CCCCCCC/C=C\CCCCCCCCC)OC(=O)CCCCCCC/C=C\C/C=C\CCCC. The van der Waals surface area contributed by atoms with Gasteiger partial charge in [0.05, 0.1) is 0 Å². The van der Waals surface area contributed by atoms with Gasteiger partial charge in [-0.15, -0.1) is 0 Å². The fraction of sp³-hybridized carbons (Fsp3) is 0.764. The zero-order valence-corrected chi connectivity index (χ0v) is 40.2. The van der Waals surface area contributed by atoms with E-state index in [2.05, 4.69) is 81.5 Å². The van der Waals surface area contributed by atoms with Crippen LogP contribution in [0.2, 0.25) is 0 Å². The van der Waals surface area contributed by atoms with Gasteiger partial charge < -0.3 is 14.2 Å². The molecule has 352 valence electrons. The van der Waals surface area contributed by atoms with Crippen molar-refractivity contribution in [2.45, 2.75) is 258 Å². The molecule has 61 heavy (non-hydrogen) atoms. The number of unbranched alkanes of at least 4 members (excludes halogenated alkanes) is 25. The van der Waals surface area contributed by atoms with Crippen molar-refractivity contribution in [3.8, 4) is 0 Å². The monoisotopic (exact) mass is 853 g/mol. The molecule has 0 aromatic rings. The molecule has 6 nitrogen and oxygen atoms in total. The maximum Gasteiger partial charge on any atom is 0.306 e. The van der Waals surface area contributed by atoms with Gasteiger partial charge in [0, 0.05) is 19.3 Å². The summed E-state index contributed by atoms with van der Waals surface area (Å²) >= 11 is 0. The van der Waals surface area contributed by atoms with Gasteiger partial charge in [-0.05, 0) is 96.3 Å². The van der Waals surface area contributed by atoms with Crippen molar-refractivity contribution in [2.75, 3.05) is 13.2 Å². The number of hydrogen-bond acceptors (Lipinski definition) is 6. The Bertz CT molecular complexity index is 1120. The van der Waals surface area contributed by atoms with Crippen molar-refractivity contribution < 1.29 is 28.6 Å². The molecule has 0 bridgehead atoms. The molecule has 1 unspecified atom stereocenters. The standard InChI is InChI=1S/C55H96O6/c1-4-7-10-13-16-19-22-25-27-28-31-33-36-39-42-45-48-54(57)60-51-52(50-59-53(56)47-44-41-38-35-32-29-24-21-18-15-12-9-6-3)61-55(58)49-46-43-40-37-34-30-26-23-20-17-14-11-8-5-2/h12,14-15,17,21,23-24,26-28,52H,4-11,13,16,18-20,22,25,29-51H2,1-3H3/b15-12-,17-14-,24-21-,26-23-,28-27-. The van der Waals surface area contributed by atoms with Crippen molar-refractivity contribution in [3.05, 3.63) is 60.8 Å². The van der Waals surface area contributed by atoms with Gasteiger partial charge in [-0.2, -0.15) is 0 Å². The lowest BCUT2D eigenvalue weighted by atomic mass is 10.1. The Hall–Kier alpha value is -2.89. The van der Waals surface area contributed by atoms with E-state index < -0.39 is 6.10 Å². The molecule has 0 radical (unpaired) electrons. The maximum absolute atomic E-state index is 12.8. The van der Waals surface area contributed by atoms with E-state index in [-0.39, 0.29) is 31.1 Å². The summed E-state index contributed by atoms with van der Waals surface area (Å²) in [5.74, 6) is -0.922. The van der Waals surface area contributed by atoms with Crippen LogP contribution < -0.4 is 0 Å². The van der Waals surface area contributed by atoms with Crippen LogP contribution >= 0.6 is 0 Å². The van der Waals surface area contributed by atoms with E-state index in [0.29, 0.717) is 19.3 Å². The molecule has 0 spiro atoms. The van der Waals surface area contributed by atoms with Crippen LogP contribution in [0.25, 0.3) is 0 Å². The summed E-state index contributed by atoms with van der Waals surface area (Å²) in [4.78, 5) is 37.9. The minimum absolute atomic E-state index is 0.0887. The number of ether oxygens (including phenoxy) is 3. The van der Waals surface area contributed by atoms with Gasteiger partial charge in [0.2, 0.25) is 0 Å². The Morgan fingerprint density at radius 2 is 0.639 bits per heavy atom. The van der Waals surface area contributed by atoms with Crippen LogP contribution in [-0.4, -0.2) is 37.2 Å². The highest BCUT2D eigenvalue weighted by Crippen LogP contribution is 2.14. The highest BCUT2D eigenvalue weighted by atomic mass is 16.6. The first-order valence-corrected chi connectivity index (χ1v) is 25.8. The van der Waals surface area contributed by atoms with E-state index in [1.54, 1.807) is 0 Å². The van der Waals surface area contributed by atoms with Crippen molar-refractivity contribution in [3.63, 3.8) is 0 Å². The van der Waals surface area contributed by atoms with Gasteiger partial charge >= 0.3 is 17.9 Å². The van der Waals surface area contributed by atoms with Crippen molar-refractivity contribution in [1.29, 1.82) is 0 Å². The van der Waals surface area contributed by atoms with E-state index in [0.717, 1.165) is 122 Å². The summed E-state index contributed by atoms with van der Waals surface area (Å²) in [5.41, 5.74) is 0. The molecule has 0 saturated carbocycles. The molecule has 0 aliphatic carbocycles. The Labute approximate surface area is 377 Å². The first-order chi connectivity index (χ1) is 30.0. The smallest absolute Gasteiger partial charge is 0.306 e. The second kappa shape index (κ2) is 49.8. The minimum Gasteiger partial charge on any atom is -0.462 e. The third-order valence-corrected chi connectivity index (χ3v) is 10.9. The molecular weight excluding hydrogens is 757 g/mol. The molecule has 0 aromatic carbocycles. The van der Waals surface area contributed by atoms with Crippen molar-refractivity contribution in [1.82, 2.24) is 0 Å². The van der Waals surface area contributed by atoms with Crippen LogP contribution in [0.3, 0.4) is 0 Å². The number of carbonyl (C=O) groups excluding carboxylic acids is 3. The largest absolute Gasteiger partial charge is 0.462 e. The van der Waals surface area contributed by atoms with Crippen LogP contribution in [-0.2, 0) is 28.6 Å². The molecule has 6 heteroatoms. The van der Waals surface area contributed by atoms with Crippen LogP contribution in [0.4, 0.5) is 0 Å². The van der Waals surface area contributed by atoms with Gasteiger partial charge in [-0.3, -0.25) is 14.4 Å². The second-order valence-corrected chi connectivity index (χ2v) is 17.1. The number of hydrogen-bond donors (Lipinski definition) is 0. The minimum atomic E-state index is -0.789. The van der Waals surface area contributed by atoms with Gasteiger partial charge in [0.25, 0.3) is 0 Å². The number of esters is 3. The van der Waals surface area contributed by atoms with E-state index in [1.165, 1.54) is 89.9 Å². The molecular formula is C55H96O6. The normalized spacial score (nSPS) is 12.5. The highest BCUT2D eigenvalue weighted by Gasteiger charge is 2.19. The summed E-state index contributed by atoms with van der Waals surface area (Å²) in [6.07, 6.45) is 60.5. The van der Waals surface area contributed by atoms with Gasteiger partial charge in [-0.25, -0.2) is 0 Å². The quantitative estimate of drug-likeness (QED) is 0.0263. The van der Waals surface area contributed by atoms with Crippen LogP contribution in [0, 0.1) is 0 Å². The molecule has 0 saturated heterocycles. The van der Waals surface area contributed by atoms with Crippen LogP contribution in [0.5, 0.6) is 0 Å². The third kappa shape index (κ3) is 48.0. The lowest BCUT2D eigenvalue weighted by Crippen LogP contribution is -2.30. The summed E-state index contributed by atoms with van der Waals surface area (Å²) in [5, 5.41) is 0. The summed E-state index contributed by atoms with van der Waals surface area (Å²) in [6.45, 7) is 6.50. The number of rotatable bonds is 46. The average Bonchev–Trinajstić information content (AvgIpc) is 3.26. The molecule has 1 atom stereocenters. The molecule has 0 aliphatic rings. The lowest BCUT2D eigenvalue weighted by molar-refractivity contribution is -0.167. The maximum atomic E-state index is 12.8. The van der Waals surface area contributed by atoms with Gasteiger partial charge in [0.1, 0.15) is 13.2 Å². The molecule has 0 N–H and O–H groups in total. The summed E-state index contributed by atoms with van der Waals surface area (Å²) < 4.78 is 16.8. The van der Waals surface area contributed by atoms with E-state index in [9.17, 15) is 14.4 Å². The molecule has 0 aliphatic heterocycles. The fourth-order valence-electron chi connectivity index (χ4n) is 7.02. The Balaban J connectivity index is 4.42. The first kappa shape index (κ1) is 58.1. The van der Waals surface area contributed by atoms with Gasteiger partial charge in [0.15, 0.2) is 6.10 Å². The molecule has 0 rings (SSSR count). The Morgan fingerprint density at radius 1 is 0.328 bits per heavy atom. The zero-order valence-electron chi connectivity index (χ0n) is 40.2. The third-order valence-electron chi connectivity index (χ3n) is 10.9. The van der Waals surface area contributed by atoms with E-state index >= 15 is 0 Å². The molecule has 0 heterocycles. The first-order valence-electron chi connectivity index (χ1n) is 25.8. The predicted molar refractivity (Wildman–Crippen MR) is 261 cm³/mol. The van der Waals surface area contributed by atoms with Crippen molar-refractivity contribution >= 4 is 17.9 Å².